The molecule has 1 heterocycles. The lowest BCUT2D eigenvalue weighted by molar-refractivity contribution is -0.137. The first kappa shape index (κ1) is 17.7. The van der Waals surface area contributed by atoms with Gasteiger partial charge in [-0.2, -0.15) is 13.2 Å². The van der Waals surface area contributed by atoms with Crippen molar-refractivity contribution in [3.05, 3.63) is 65.2 Å². The number of hydrogen-bond donors (Lipinski definition) is 1. The number of nitrogens with zero attached hydrogens (tertiary/aromatic N) is 1. The predicted molar refractivity (Wildman–Crippen MR) is 93.5 cm³/mol. The van der Waals surface area contributed by atoms with E-state index in [9.17, 15) is 18.0 Å². The molecule has 1 unspecified atom stereocenters. The molecule has 1 fully saturated rings. The van der Waals surface area contributed by atoms with Gasteiger partial charge < -0.3 is 10.2 Å². The highest BCUT2D eigenvalue weighted by atomic mass is 32.2. The quantitative estimate of drug-likeness (QED) is 0.783. The van der Waals surface area contributed by atoms with E-state index in [1.807, 2.05) is 25.1 Å². The minimum Gasteiger partial charge on any atom is -0.308 e. The monoisotopic (exact) mass is 366 g/mol. The van der Waals surface area contributed by atoms with E-state index in [1.165, 1.54) is 12.1 Å². The number of thioether (sulfide) groups is 1. The normalized spacial score (nSPS) is 17.6. The van der Waals surface area contributed by atoms with Crippen LogP contribution in [0.1, 0.15) is 22.1 Å². The number of urea groups is 1. The number of benzene rings is 2. The maximum atomic E-state index is 12.7. The van der Waals surface area contributed by atoms with Gasteiger partial charge in [0.15, 0.2) is 0 Å². The van der Waals surface area contributed by atoms with Crippen molar-refractivity contribution in [3.63, 3.8) is 0 Å². The number of carbonyl (C=O) groups excluding carboxylic acids is 1. The lowest BCUT2D eigenvalue weighted by Crippen LogP contribution is -2.34. The summed E-state index contributed by atoms with van der Waals surface area (Å²) >= 11 is 1.54. The molecular formula is C18H17F3N2OS. The number of aryl methyl sites for hydroxylation is 1. The van der Waals surface area contributed by atoms with Crippen molar-refractivity contribution in [1.29, 1.82) is 0 Å². The van der Waals surface area contributed by atoms with E-state index < -0.39 is 11.7 Å². The minimum absolute atomic E-state index is 0.250. The van der Waals surface area contributed by atoms with E-state index >= 15 is 0 Å². The van der Waals surface area contributed by atoms with E-state index in [-0.39, 0.29) is 11.4 Å². The van der Waals surface area contributed by atoms with Crippen LogP contribution in [0.4, 0.5) is 23.7 Å². The van der Waals surface area contributed by atoms with E-state index in [0.717, 1.165) is 23.4 Å². The third kappa shape index (κ3) is 4.10. The topological polar surface area (TPSA) is 32.3 Å². The van der Waals surface area contributed by atoms with Gasteiger partial charge >= 0.3 is 12.2 Å². The number of anilines is 1. The van der Waals surface area contributed by atoms with Gasteiger partial charge in [0.2, 0.25) is 0 Å². The van der Waals surface area contributed by atoms with Crippen LogP contribution in [-0.4, -0.2) is 23.2 Å². The van der Waals surface area contributed by atoms with Crippen LogP contribution < -0.4 is 5.32 Å². The largest absolute Gasteiger partial charge is 0.416 e. The van der Waals surface area contributed by atoms with Gasteiger partial charge in [0.1, 0.15) is 5.37 Å². The Bertz CT molecular complexity index is 762. The minimum atomic E-state index is -4.36. The summed E-state index contributed by atoms with van der Waals surface area (Å²) in [6, 6.07) is 12.2. The van der Waals surface area contributed by atoms with E-state index in [1.54, 1.807) is 22.7 Å². The average Bonchev–Trinajstić information content (AvgIpc) is 3.04. The van der Waals surface area contributed by atoms with Crippen molar-refractivity contribution in [1.82, 2.24) is 4.90 Å². The first-order valence-electron chi connectivity index (χ1n) is 7.77. The lowest BCUT2D eigenvalue weighted by Gasteiger charge is -2.24. The van der Waals surface area contributed by atoms with E-state index in [4.69, 9.17) is 0 Å². The number of alkyl halides is 3. The van der Waals surface area contributed by atoms with Gasteiger partial charge in [-0.3, -0.25) is 0 Å². The third-order valence-electron chi connectivity index (χ3n) is 3.94. The van der Waals surface area contributed by atoms with Crippen LogP contribution >= 0.6 is 11.8 Å². The Kier molecular flexibility index (Phi) is 4.94. The Hall–Kier alpha value is -2.15. The van der Waals surface area contributed by atoms with Crippen LogP contribution in [0.5, 0.6) is 0 Å². The zero-order chi connectivity index (χ0) is 18.0. The number of rotatable bonds is 2. The summed E-state index contributed by atoms with van der Waals surface area (Å²) in [6.07, 6.45) is -4.36. The van der Waals surface area contributed by atoms with Crippen molar-refractivity contribution < 1.29 is 18.0 Å². The molecule has 0 spiro atoms. The second kappa shape index (κ2) is 7.00. The molecule has 7 heteroatoms. The fourth-order valence-corrected chi connectivity index (χ4v) is 3.96. The van der Waals surface area contributed by atoms with Gasteiger partial charge in [-0.1, -0.05) is 24.3 Å². The lowest BCUT2D eigenvalue weighted by atomic mass is 10.1. The fraction of sp³-hybridized carbons (Fsp3) is 0.278. The molecule has 2 aromatic rings. The predicted octanol–water partition coefficient (Wildman–Crippen LogP) is 5.29. The number of hydrogen-bond acceptors (Lipinski definition) is 2. The molecule has 25 heavy (non-hydrogen) atoms. The molecule has 0 saturated carbocycles. The molecule has 0 aliphatic carbocycles. The van der Waals surface area contributed by atoms with Gasteiger partial charge in [-0.05, 0) is 42.3 Å². The Balaban J connectivity index is 1.74. The van der Waals surface area contributed by atoms with E-state index in [0.29, 0.717) is 17.8 Å². The summed E-state index contributed by atoms with van der Waals surface area (Å²) in [5.74, 6) is 0.743. The zero-order valence-electron chi connectivity index (χ0n) is 13.5. The van der Waals surface area contributed by atoms with Crippen LogP contribution in [-0.2, 0) is 6.18 Å². The van der Waals surface area contributed by atoms with Gasteiger partial charge in [0.05, 0.1) is 5.56 Å². The number of carbonyl (C=O) groups is 1. The molecule has 0 aromatic heterocycles. The first-order valence-corrected chi connectivity index (χ1v) is 8.82. The van der Waals surface area contributed by atoms with Gasteiger partial charge in [0.25, 0.3) is 0 Å². The maximum absolute atomic E-state index is 12.7. The number of halogens is 3. The maximum Gasteiger partial charge on any atom is 0.416 e. The molecule has 1 atom stereocenters. The molecule has 1 aliphatic heterocycles. The highest BCUT2D eigenvalue weighted by Gasteiger charge is 2.33. The van der Waals surface area contributed by atoms with E-state index in [2.05, 4.69) is 5.32 Å². The standard InChI is InChI=1S/C18H17F3N2OS/c1-12-3-2-4-15(11-12)22-17(24)23-9-10-25-16(23)13-5-7-14(8-6-13)18(19,20)21/h2-8,11,16H,9-10H2,1H3,(H,22,24). The summed E-state index contributed by atoms with van der Waals surface area (Å²) in [5.41, 5.74) is 1.74. The van der Waals surface area contributed by atoms with Gasteiger partial charge in [-0.15, -0.1) is 11.8 Å². The second-order valence-corrected chi connectivity index (χ2v) is 7.02. The van der Waals surface area contributed by atoms with Crippen molar-refractivity contribution in [2.24, 2.45) is 0 Å². The van der Waals surface area contributed by atoms with Crippen LogP contribution in [0.25, 0.3) is 0 Å². The molecule has 2 amide bonds. The summed E-state index contributed by atoms with van der Waals surface area (Å²) in [7, 11) is 0. The van der Waals surface area contributed by atoms with Crippen molar-refractivity contribution >= 4 is 23.5 Å². The smallest absolute Gasteiger partial charge is 0.308 e. The zero-order valence-corrected chi connectivity index (χ0v) is 14.3. The summed E-state index contributed by atoms with van der Waals surface area (Å²) in [6.45, 7) is 2.49. The molecule has 1 aliphatic rings. The SMILES string of the molecule is Cc1cccc(NC(=O)N2CCSC2c2ccc(C(F)(F)F)cc2)c1. The second-order valence-electron chi connectivity index (χ2n) is 5.84. The van der Waals surface area contributed by atoms with Crippen molar-refractivity contribution in [3.8, 4) is 0 Å². The van der Waals surface area contributed by atoms with Crippen molar-refractivity contribution in [2.75, 3.05) is 17.6 Å². The van der Waals surface area contributed by atoms with Crippen LogP contribution in [0.3, 0.4) is 0 Å². The van der Waals surface area contributed by atoms with Crippen LogP contribution in [0.15, 0.2) is 48.5 Å². The average molecular weight is 366 g/mol. The molecule has 2 aromatic carbocycles. The summed E-state index contributed by atoms with van der Waals surface area (Å²) in [5, 5.41) is 2.57. The third-order valence-corrected chi connectivity index (χ3v) is 5.21. The van der Waals surface area contributed by atoms with Gasteiger partial charge in [0, 0.05) is 18.0 Å². The molecule has 0 bridgehead atoms. The Morgan fingerprint density at radius 2 is 1.92 bits per heavy atom. The Morgan fingerprint density at radius 3 is 2.56 bits per heavy atom. The molecule has 3 nitrogen and oxygen atoms in total. The summed E-state index contributed by atoms with van der Waals surface area (Å²) in [4.78, 5) is 14.2. The Morgan fingerprint density at radius 1 is 1.20 bits per heavy atom. The number of amides is 2. The molecule has 0 radical (unpaired) electrons. The summed E-state index contributed by atoms with van der Waals surface area (Å²) < 4.78 is 38.1. The molecule has 1 saturated heterocycles. The highest BCUT2D eigenvalue weighted by Crippen LogP contribution is 2.39. The molecule has 1 N–H and O–H groups in total. The fourth-order valence-electron chi connectivity index (χ4n) is 2.71. The number of nitrogens with one attached hydrogen (secondary N) is 1. The molecule has 132 valence electrons. The van der Waals surface area contributed by atoms with Crippen LogP contribution in [0.2, 0.25) is 0 Å². The highest BCUT2D eigenvalue weighted by molar-refractivity contribution is 7.99. The Labute approximate surface area is 148 Å². The first-order chi connectivity index (χ1) is 11.8. The molecule has 3 rings (SSSR count). The van der Waals surface area contributed by atoms with Crippen molar-refractivity contribution in [2.45, 2.75) is 18.5 Å². The van der Waals surface area contributed by atoms with Gasteiger partial charge in [-0.25, -0.2) is 4.79 Å². The molecular weight excluding hydrogens is 349 g/mol. The van der Waals surface area contributed by atoms with Crippen LogP contribution in [0, 0.1) is 6.92 Å².